The molecule has 0 aliphatic carbocycles. The van der Waals surface area contributed by atoms with Gasteiger partial charge in [-0.3, -0.25) is 0 Å². The predicted octanol–water partition coefficient (Wildman–Crippen LogP) is 2.16. The van der Waals surface area contributed by atoms with Crippen molar-refractivity contribution in [2.45, 2.75) is 0 Å². The molecule has 75 valence electrons. The monoisotopic (exact) mass is 365 g/mol. The Morgan fingerprint density at radius 3 is 1.79 bits per heavy atom. The molecule has 0 amide bonds. The van der Waals surface area contributed by atoms with Crippen molar-refractivity contribution in [1.82, 2.24) is 4.98 Å². The van der Waals surface area contributed by atoms with Crippen LogP contribution in [0.15, 0.2) is 54.9 Å². The Kier molecular flexibility index (Phi) is 7.71. The van der Waals surface area contributed by atoms with Crippen LogP contribution in [-0.2, 0) is 24.9 Å². The summed E-state index contributed by atoms with van der Waals surface area (Å²) in [6.45, 7) is 0. The van der Waals surface area contributed by atoms with Gasteiger partial charge in [0.2, 0.25) is 0 Å². The zero-order chi connectivity index (χ0) is 9.36. The molecule has 0 aliphatic heterocycles. The van der Waals surface area contributed by atoms with Gasteiger partial charge in [-0.15, -0.1) is 12.1 Å². The molecule has 2 nitrogen and oxygen atoms in total. The van der Waals surface area contributed by atoms with Crippen molar-refractivity contribution in [1.29, 1.82) is 0 Å². The van der Waals surface area contributed by atoms with Gasteiger partial charge in [0.05, 0.1) is 6.29 Å². The van der Waals surface area contributed by atoms with E-state index in [4.69, 9.17) is 0 Å². The molecule has 0 spiro atoms. The number of nitrogens with one attached hydrogen (secondary N) is 1. The molecular formula is C11H10IrNO-. The number of carbonyl (C=O) groups excluding carboxylic acids is 1. The number of hydrogen-bond donors (Lipinski definition) is 1. The van der Waals surface area contributed by atoms with Crippen molar-refractivity contribution >= 4 is 6.29 Å². The molecule has 0 unspecified atom stereocenters. The summed E-state index contributed by atoms with van der Waals surface area (Å²) in [4.78, 5) is 12.7. The van der Waals surface area contributed by atoms with Crippen LogP contribution >= 0.6 is 0 Å². The Bertz CT molecular complexity index is 301. The van der Waals surface area contributed by atoms with Crippen LogP contribution in [0.1, 0.15) is 5.56 Å². The van der Waals surface area contributed by atoms with Crippen LogP contribution in [0.4, 0.5) is 0 Å². The number of aromatic nitrogens is 1. The summed E-state index contributed by atoms with van der Waals surface area (Å²) in [7, 11) is 0. The first-order valence-electron chi connectivity index (χ1n) is 3.94. The van der Waals surface area contributed by atoms with Gasteiger partial charge in [-0.05, 0) is 12.1 Å². The standard InChI is InChI=1S/C7H5O.C4H5N.Ir/c8-6-7-4-2-1-3-5-7;1-2-4-5-3-1;/h1-5H;1-5H;/q-1;;. The van der Waals surface area contributed by atoms with Crippen molar-refractivity contribution in [2.24, 2.45) is 0 Å². The molecular weight excluding hydrogens is 354 g/mol. The Morgan fingerprint density at radius 2 is 1.50 bits per heavy atom. The molecule has 0 bridgehead atoms. The molecule has 3 heteroatoms. The summed E-state index contributed by atoms with van der Waals surface area (Å²) in [5, 5.41) is 0. The summed E-state index contributed by atoms with van der Waals surface area (Å²) in [6, 6.07) is 12.8. The molecule has 2 aromatic rings. The predicted molar refractivity (Wildman–Crippen MR) is 52.0 cm³/mol. The van der Waals surface area contributed by atoms with Crippen molar-refractivity contribution in [3.05, 3.63) is 60.4 Å². The number of H-pyrrole nitrogens is 1. The fourth-order valence-electron chi connectivity index (χ4n) is 0.784. The Balaban J connectivity index is 0.000000246. The van der Waals surface area contributed by atoms with E-state index in [9.17, 15) is 4.79 Å². The second-order valence-corrected chi connectivity index (χ2v) is 2.35. The maximum Gasteiger partial charge on any atom is 0.0627 e. The van der Waals surface area contributed by atoms with Crippen LogP contribution in [0, 0.1) is 0 Å². The van der Waals surface area contributed by atoms with Gasteiger partial charge in [-0.2, -0.15) is 17.7 Å². The van der Waals surface area contributed by atoms with E-state index in [2.05, 4.69) is 4.98 Å². The molecule has 1 radical (unpaired) electrons. The molecule has 2 rings (SSSR count). The first kappa shape index (κ1) is 12.8. The molecule has 0 fully saturated rings. The van der Waals surface area contributed by atoms with Crippen LogP contribution in [0.2, 0.25) is 0 Å². The summed E-state index contributed by atoms with van der Waals surface area (Å²) in [5.41, 5.74) is 0.604. The molecule has 1 N–H and O–H groups in total. The normalized spacial score (nSPS) is 7.71. The zero-order valence-corrected chi connectivity index (χ0v) is 9.83. The fourth-order valence-corrected chi connectivity index (χ4v) is 0.784. The number of hydrogen-bond acceptors (Lipinski definition) is 1. The minimum absolute atomic E-state index is 0. The Labute approximate surface area is 96.7 Å². The van der Waals surface area contributed by atoms with Crippen LogP contribution in [-0.4, -0.2) is 11.3 Å². The molecule has 1 aromatic heterocycles. The first-order valence-corrected chi connectivity index (χ1v) is 3.94. The maximum atomic E-state index is 9.88. The average Bonchev–Trinajstić information content (AvgIpc) is 2.77. The summed E-state index contributed by atoms with van der Waals surface area (Å²) < 4.78 is 0. The van der Waals surface area contributed by atoms with Crippen molar-refractivity contribution in [2.75, 3.05) is 0 Å². The van der Waals surface area contributed by atoms with E-state index >= 15 is 0 Å². The zero-order valence-electron chi connectivity index (χ0n) is 7.44. The summed E-state index contributed by atoms with van der Waals surface area (Å²) in [6.07, 6.45) is 5.53. The van der Waals surface area contributed by atoms with Gasteiger partial charge in [-0.25, -0.2) is 0 Å². The molecule has 1 heterocycles. The Morgan fingerprint density at radius 1 is 0.929 bits per heavy atom. The average molecular weight is 364 g/mol. The van der Waals surface area contributed by atoms with Crippen molar-refractivity contribution in [3.63, 3.8) is 0 Å². The van der Waals surface area contributed by atoms with E-state index in [0.717, 1.165) is 0 Å². The molecule has 0 saturated heterocycles. The van der Waals surface area contributed by atoms with Gasteiger partial charge in [0, 0.05) is 32.5 Å². The molecule has 0 atom stereocenters. The first-order chi connectivity index (χ1) is 6.43. The molecule has 14 heavy (non-hydrogen) atoms. The van der Waals surface area contributed by atoms with Crippen LogP contribution in [0.25, 0.3) is 0 Å². The van der Waals surface area contributed by atoms with Crippen LogP contribution < -0.4 is 0 Å². The maximum absolute atomic E-state index is 9.88. The third kappa shape index (κ3) is 5.46. The third-order valence-electron chi connectivity index (χ3n) is 1.39. The van der Waals surface area contributed by atoms with Crippen LogP contribution in [0.3, 0.4) is 0 Å². The smallest absolute Gasteiger partial charge is 0.0627 e. The van der Waals surface area contributed by atoms with Crippen LogP contribution in [0.5, 0.6) is 0 Å². The SMILES string of the molecule is O=[C-]c1ccccc1.[Ir].c1cc[nH]c1. The minimum atomic E-state index is 0. The minimum Gasteiger partial charge on any atom is -0.376 e. The van der Waals surface area contributed by atoms with Gasteiger partial charge in [0.1, 0.15) is 0 Å². The van der Waals surface area contributed by atoms with E-state index in [1.54, 1.807) is 30.6 Å². The van der Waals surface area contributed by atoms with E-state index < -0.39 is 0 Å². The van der Waals surface area contributed by atoms with E-state index in [1.165, 1.54) is 0 Å². The second-order valence-electron chi connectivity index (χ2n) is 2.35. The number of aromatic amines is 1. The van der Waals surface area contributed by atoms with E-state index in [0.29, 0.717) is 5.56 Å². The van der Waals surface area contributed by atoms with Gasteiger partial charge in [0.15, 0.2) is 0 Å². The second kappa shape index (κ2) is 8.42. The summed E-state index contributed by atoms with van der Waals surface area (Å²) >= 11 is 0. The Hall–Kier alpha value is -1.18. The van der Waals surface area contributed by atoms with Crippen molar-refractivity contribution < 1.29 is 24.9 Å². The summed E-state index contributed by atoms with van der Waals surface area (Å²) in [5.74, 6) is 0. The number of benzene rings is 1. The van der Waals surface area contributed by atoms with Gasteiger partial charge in [-0.1, -0.05) is 6.07 Å². The van der Waals surface area contributed by atoms with E-state index in [-0.39, 0.29) is 20.1 Å². The fraction of sp³-hybridized carbons (Fsp3) is 0. The van der Waals surface area contributed by atoms with E-state index in [1.807, 2.05) is 30.6 Å². The topological polar surface area (TPSA) is 32.9 Å². The largest absolute Gasteiger partial charge is 0.376 e. The third-order valence-corrected chi connectivity index (χ3v) is 1.39. The van der Waals surface area contributed by atoms with Gasteiger partial charge in [0.25, 0.3) is 0 Å². The van der Waals surface area contributed by atoms with Gasteiger partial charge < -0.3 is 9.78 Å². The van der Waals surface area contributed by atoms with Gasteiger partial charge >= 0.3 is 0 Å². The van der Waals surface area contributed by atoms with Crippen molar-refractivity contribution in [3.8, 4) is 0 Å². The number of rotatable bonds is 1. The molecule has 1 aromatic carbocycles. The molecule has 0 aliphatic rings. The molecule has 0 saturated carbocycles. The quantitative estimate of drug-likeness (QED) is 0.773.